The number of urea groups is 1. The van der Waals surface area contributed by atoms with Crippen LogP contribution < -0.4 is 14.4 Å². The Morgan fingerprint density at radius 2 is 1.87 bits per heavy atom. The summed E-state index contributed by atoms with van der Waals surface area (Å²) in [5.74, 6) is 1.27. The van der Waals surface area contributed by atoms with E-state index in [0.717, 1.165) is 6.42 Å². The first-order chi connectivity index (χ1) is 11.1. The van der Waals surface area contributed by atoms with Gasteiger partial charge in [-0.3, -0.25) is 4.79 Å². The minimum absolute atomic E-state index is 0.208. The highest BCUT2D eigenvalue weighted by Gasteiger charge is 2.48. The molecule has 2 saturated heterocycles. The Kier molecular flexibility index (Phi) is 3.37. The summed E-state index contributed by atoms with van der Waals surface area (Å²) >= 11 is 6.30. The van der Waals surface area contributed by atoms with Crippen LogP contribution in [0.25, 0.3) is 0 Å². The van der Waals surface area contributed by atoms with Gasteiger partial charge in [0.05, 0.1) is 10.7 Å². The lowest BCUT2D eigenvalue weighted by Crippen LogP contribution is -2.41. The van der Waals surface area contributed by atoms with Gasteiger partial charge < -0.3 is 14.4 Å². The van der Waals surface area contributed by atoms with Crippen molar-refractivity contribution in [3.8, 4) is 11.5 Å². The normalized spacial score (nSPS) is 26.5. The predicted molar refractivity (Wildman–Crippen MR) is 84.2 cm³/mol. The van der Waals surface area contributed by atoms with Crippen molar-refractivity contribution in [3.63, 3.8) is 0 Å². The first kappa shape index (κ1) is 14.6. The molecule has 2 atom stereocenters. The lowest BCUT2D eigenvalue weighted by atomic mass is 9.93. The molecule has 0 spiro atoms. The zero-order valence-corrected chi connectivity index (χ0v) is 13.5. The van der Waals surface area contributed by atoms with Gasteiger partial charge in [0.15, 0.2) is 11.5 Å². The molecule has 0 aromatic heterocycles. The fourth-order valence-corrected chi connectivity index (χ4v) is 3.66. The highest BCUT2D eigenvalue weighted by atomic mass is 35.5. The van der Waals surface area contributed by atoms with Crippen molar-refractivity contribution in [2.75, 3.05) is 24.7 Å². The van der Waals surface area contributed by atoms with Crippen LogP contribution in [0.15, 0.2) is 12.1 Å². The molecule has 7 heteroatoms. The molecule has 0 saturated carbocycles. The number of ether oxygens (including phenoxy) is 2. The van der Waals surface area contributed by atoms with Crippen molar-refractivity contribution in [3.05, 3.63) is 17.2 Å². The first-order valence-electron chi connectivity index (χ1n) is 7.80. The Morgan fingerprint density at radius 1 is 1.17 bits per heavy atom. The summed E-state index contributed by atoms with van der Waals surface area (Å²) in [6.45, 7) is 3.60. The standard InChI is InChI=1S/C16H17ClN2O4/c1-9-2-3-18-12(6-9)15(20)19(16(18)21)11-8-14-13(7-10(11)17)22-4-5-23-14/h7-9,12H,2-6H2,1H3. The maximum absolute atomic E-state index is 12.7. The minimum Gasteiger partial charge on any atom is -0.486 e. The second-order valence-electron chi connectivity index (χ2n) is 6.24. The molecular weight excluding hydrogens is 320 g/mol. The summed E-state index contributed by atoms with van der Waals surface area (Å²) in [7, 11) is 0. The molecule has 23 heavy (non-hydrogen) atoms. The Hall–Kier alpha value is -1.95. The molecule has 3 amide bonds. The molecular formula is C16H17ClN2O4. The Bertz CT molecular complexity index is 693. The van der Waals surface area contributed by atoms with Crippen LogP contribution in [0.4, 0.5) is 10.5 Å². The molecule has 2 unspecified atom stereocenters. The van der Waals surface area contributed by atoms with Gasteiger partial charge in [-0.1, -0.05) is 18.5 Å². The molecule has 0 bridgehead atoms. The third-order valence-electron chi connectivity index (χ3n) is 4.66. The summed E-state index contributed by atoms with van der Waals surface area (Å²) in [4.78, 5) is 28.3. The summed E-state index contributed by atoms with van der Waals surface area (Å²) in [5, 5.41) is 0.309. The highest BCUT2D eigenvalue weighted by Crippen LogP contribution is 2.42. The molecule has 0 radical (unpaired) electrons. The molecule has 1 aromatic rings. The fourth-order valence-electron chi connectivity index (χ4n) is 3.42. The van der Waals surface area contributed by atoms with E-state index in [2.05, 4.69) is 6.92 Å². The van der Waals surface area contributed by atoms with Gasteiger partial charge in [0.1, 0.15) is 19.3 Å². The zero-order chi connectivity index (χ0) is 16.1. The Morgan fingerprint density at radius 3 is 2.61 bits per heavy atom. The second kappa shape index (κ2) is 5.30. The van der Waals surface area contributed by atoms with Crippen molar-refractivity contribution < 1.29 is 19.1 Å². The summed E-state index contributed by atoms with van der Waals surface area (Å²) in [5.41, 5.74) is 0.368. The molecule has 0 aliphatic carbocycles. The quantitative estimate of drug-likeness (QED) is 0.740. The van der Waals surface area contributed by atoms with Crippen molar-refractivity contribution in [2.24, 2.45) is 5.92 Å². The van der Waals surface area contributed by atoms with Gasteiger partial charge in [0.25, 0.3) is 5.91 Å². The smallest absolute Gasteiger partial charge is 0.332 e. The molecule has 6 nitrogen and oxygen atoms in total. The summed E-state index contributed by atoms with van der Waals surface area (Å²) < 4.78 is 11.0. The maximum Gasteiger partial charge on any atom is 0.332 e. The van der Waals surface area contributed by atoms with E-state index in [1.54, 1.807) is 17.0 Å². The lowest BCUT2D eigenvalue weighted by molar-refractivity contribution is -0.120. The van der Waals surface area contributed by atoms with Gasteiger partial charge in [0.2, 0.25) is 0 Å². The summed E-state index contributed by atoms with van der Waals surface area (Å²) in [6, 6.07) is 2.54. The number of imide groups is 1. The number of amides is 3. The molecule has 1 aromatic carbocycles. The van der Waals surface area contributed by atoms with E-state index in [9.17, 15) is 9.59 Å². The fraction of sp³-hybridized carbons (Fsp3) is 0.500. The third-order valence-corrected chi connectivity index (χ3v) is 4.96. The van der Waals surface area contributed by atoms with Crippen LogP contribution >= 0.6 is 11.6 Å². The van der Waals surface area contributed by atoms with Crippen molar-refractivity contribution in [1.82, 2.24) is 4.90 Å². The van der Waals surface area contributed by atoms with E-state index < -0.39 is 0 Å². The highest BCUT2D eigenvalue weighted by molar-refractivity contribution is 6.36. The van der Waals surface area contributed by atoms with E-state index >= 15 is 0 Å². The number of halogens is 1. The van der Waals surface area contributed by atoms with Crippen LogP contribution in [0.3, 0.4) is 0 Å². The van der Waals surface area contributed by atoms with Gasteiger partial charge in [0, 0.05) is 18.7 Å². The van der Waals surface area contributed by atoms with Crippen molar-refractivity contribution in [1.29, 1.82) is 0 Å². The topological polar surface area (TPSA) is 59.1 Å². The molecule has 122 valence electrons. The number of carbonyl (C=O) groups excluding carboxylic acids is 2. The lowest BCUT2D eigenvalue weighted by Gasteiger charge is -2.30. The van der Waals surface area contributed by atoms with Crippen LogP contribution in [0.5, 0.6) is 11.5 Å². The van der Waals surface area contributed by atoms with Gasteiger partial charge in [-0.05, 0) is 18.8 Å². The molecule has 3 aliphatic heterocycles. The zero-order valence-electron chi connectivity index (χ0n) is 12.8. The molecule has 2 fully saturated rings. The number of carbonyl (C=O) groups is 2. The third kappa shape index (κ3) is 2.24. The average molecular weight is 337 g/mol. The van der Waals surface area contributed by atoms with Gasteiger partial charge in [-0.15, -0.1) is 0 Å². The minimum atomic E-state index is -0.379. The van der Waals surface area contributed by atoms with E-state index in [1.165, 1.54) is 4.90 Å². The van der Waals surface area contributed by atoms with Crippen LogP contribution in [0, 0.1) is 5.92 Å². The van der Waals surface area contributed by atoms with Crippen molar-refractivity contribution in [2.45, 2.75) is 25.8 Å². The van der Waals surface area contributed by atoms with E-state index in [4.69, 9.17) is 21.1 Å². The largest absolute Gasteiger partial charge is 0.486 e. The first-order valence-corrected chi connectivity index (χ1v) is 8.18. The number of nitrogens with zero attached hydrogens (tertiary/aromatic N) is 2. The number of piperidine rings is 1. The van der Waals surface area contributed by atoms with E-state index in [1.807, 2.05) is 0 Å². The number of fused-ring (bicyclic) bond motifs is 2. The number of hydrogen-bond acceptors (Lipinski definition) is 4. The van der Waals surface area contributed by atoms with Crippen LogP contribution in [-0.2, 0) is 4.79 Å². The van der Waals surface area contributed by atoms with Crippen LogP contribution in [0.1, 0.15) is 19.8 Å². The molecule has 0 N–H and O–H groups in total. The Labute approximate surface area is 138 Å². The van der Waals surface area contributed by atoms with Crippen LogP contribution in [-0.4, -0.2) is 42.6 Å². The van der Waals surface area contributed by atoms with Crippen LogP contribution in [0.2, 0.25) is 5.02 Å². The molecule has 3 aliphatic rings. The monoisotopic (exact) mass is 336 g/mol. The number of rotatable bonds is 1. The van der Waals surface area contributed by atoms with Gasteiger partial charge in [-0.25, -0.2) is 9.69 Å². The number of anilines is 1. The predicted octanol–water partition coefficient (Wildman–Crippen LogP) is 2.68. The second-order valence-corrected chi connectivity index (χ2v) is 6.65. The Balaban J connectivity index is 1.73. The van der Waals surface area contributed by atoms with Crippen molar-refractivity contribution >= 4 is 29.2 Å². The van der Waals surface area contributed by atoms with Gasteiger partial charge >= 0.3 is 6.03 Å². The SMILES string of the molecule is CC1CCN2C(=O)N(c3cc4c(cc3Cl)OCCO4)C(=O)C2C1. The van der Waals surface area contributed by atoms with E-state index in [-0.39, 0.29) is 18.0 Å². The van der Waals surface area contributed by atoms with E-state index in [0.29, 0.717) is 54.3 Å². The average Bonchev–Trinajstić information content (AvgIpc) is 2.78. The number of benzene rings is 1. The summed E-state index contributed by atoms with van der Waals surface area (Å²) in [6.07, 6.45) is 1.61. The molecule has 4 rings (SSSR count). The van der Waals surface area contributed by atoms with Gasteiger partial charge in [-0.2, -0.15) is 0 Å². The number of hydrogen-bond donors (Lipinski definition) is 0. The molecule has 3 heterocycles. The maximum atomic E-state index is 12.7.